The van der Waals surface area contributed by atoms with E-state index < -0.39 is 5.41 Å². The number of hydrogen-bond donors (Lipinski definition) is 1. The molecule has 16 heavy (non-hydrogen) atoms. The van der Waals surface area contributed by atoms with Crippen molar-refractivity contribution in [3.05, 3.63) is 0 Å². The summed E-state index contributed by atoms with van der Waals surface area (Å²) in [6.07, 6.45) is 2.12. The smallest absolute Gasteiger partial charge is 0.241 e. The van der Waals surface area contributed by atoms with Crippen molar-refractivity contribution >= 4 is 11.8 Å². The predicted molar refractivity (Wildman–Crippen MR) is 58.2 cm³/mol. The molecular formula is C11H17N3O2. The van der Waals surface area contributed by atoms with E-state index in [9.17, 15) is 9.59 Å². The normalized spacial score (nSPS) is 16.8. The fourth-order valence-electron chi connectivity index (χ4n) is 1.56. The molecule has 1 rings (SSSR count). The highest BCUT2D eigenvalue weighted by Crippen LogP contribution is 2.40. The van der Waals surface area contributed by atoms with Crippen LogP contribution in [0.15, 0.2) is 0 Å². The van der Waals surface area contributed by atoms with Gasteiger partial charge in [-0.2, -0.15) is 5.26 Å². The minimum atomic E-state index is -0.870. The monoisotopic (exact) mass is 223 g/mol. The molecule has 0 aromatic rings. The van der Waals surface area contributed by atoms with E-state index >= 15 is 0 Å². The van der Waals surface area contributed by atoms with Gasteiger partial charge in [0, 0.05) is 13.6 Å². The van der Waals surface area contributed by atoms with Gasteiger partial charge >= 0.3 is 0 Å². The second-order valence-electron chi connectivity index (χ2n) is 4.14. The molecule has 2 amide bonds. The highest BCUT2D eigenvalue weighted by molar-refractivity contribution is 5.90. The second-order valence-corrected chi connectivity index (χ2v) is 4.14. The van der Waals surface area contributed by atoms with Gasteiger partial charge in [0.05, 0.1) is 12.6 Å². The van der Waals surface area contributed by atoms with Gasteiger partial charge in [-0.05, 0) is 26.2 Å². The van der Waals surface area contributed by atoms with Gasteiger partial charge in [0.15, 0.2) is 0 Å². The number of carbonyl (C=O) groups is 2. The summed E-state index contributed by atoms with van der Waals surface area (Å²) in [6.45, 7) is 2.45. The van der Waals surface area contributed by atoms with Crippen LogP contribution in [-0.4, -0.2) is 36.9 Å². The third-order valence-electron chi connectivity index (χ3n) is 3.16. The second kappa shape index (κ2) is 4.97. The quantitative estimate of drug-likeness (QED) is 0.743. The first kappa shape index (κ1) is 12.5. The van der Waals surface area contributed by atoms with Crippen LogP contribution in [0.3, 0.4) is 0 Å². The number of carbonyl (C=O) groups excluding carboxylic acids is 2. The number of rotatable bonds is 4. The zero-order valence-corrected chi connectivity index (χ0v) is 9.75. The average Bonchev–Trinajstić information content (AvgIpc) is 2.24. The molecule has 0 aromatic carbocycles. The maximum Gasteiger partial charge on any atom is 0.241 e. The van der Waals surface area contributed by atoms with Crippen molar-refractivity contribution in [2.24, 2.45) is 5.41 Å². The third kappa shape index (κ3) is 2.32. The molecule has 1 fully saturated rings. The van der Waals surface area contributed by atoms with Gasteiger partial charge in [-0.1, -0.05) is 0 Å². The molecule has 0 aromatic heterocycles. The highest BCUT2D eigenvalue weighted by Gasteiger charge is 2.44. The largest absolute Gasteiger partial charge is 0.346 e. The molecule has 0 bridgehead atoms. The number of nitrogens with zero attached hydrogens (tertiary/aromatic N) is 2. The van der Waals surface area contributed by atoms with Crippen LogP contribution < -0.4 is 5.32 Å². The van der Waals surface area contributed by atoms with Crippen molar-refractivity contribution in [2.45, 2.75) is 26.2 Å². The van der Waals surface area contributed by atoms with E-state index in [1.807, 2.05) is 13.0 Å². The number of likely N-dealkylation sites (N-methyl/N-ethyl adjacent to an activating group) is 1. The lowest BCUT2D eigenvalue weighted by molar-refractivity contribution is -0.136. The maximum absolute atomic E-state index is 11.7. The van der Waals surface area contributed by atoms with Crippen LogP contribution in [0.2, 0.25) is 0 Å². The fourth-order valence-corrected chi connectivity index (χ4v) is 1.56. The Morgan fingerprint density at radius 2 is 2.12 bits per heavy atom. The van der Waals surface area contributed by atoms with E-state index in [1.165, 1.54) is 4.90 Å². The summed E-state index contributed by atoms with van der Waals surface area (Å²) < 4.78 is 0. The van der Waals surface area contributed by atoms with Crippen molar-refractivity contribution in [1.82, 2.24) is 10.2 Å². The Labute approximate surface area is 95.4 Å². The predicted octanol–water partition coefficient (Wildman–Crippen LogP) is 0.275. The van der Waals surface area contributed by atoms with E-state index in [0.717, 1.165) is 6.42 Å². The molecule has 5 nitrogen and oxygen atoms in total. The first-order valence-corrected chi connectivity index (χ1v) is 5.49. The highest BCUT2D eigenvalue weighted by atomic mass is 16.2. The molecule has 0 atom stereocenters. The van der Waals surface area contributed by atoms with Crippen LogP contribution in [0.25, 0.3) is 0 Å². The Morgan fingerprint density at radius 3 is 2.50 bits per heavy atom. The van der Waals surface area contributed by atoms with Crippen molar-refractivity contribution < 1.29 is 9.59 Å². The van der Waals surface area contributed by atoms with Gasteiger partial charge in [0.2, 0.25) is 11.8 Å². The van der Waals surface area contributed by atoms with Gasteiger partial charge in [0.1, 0.15) is 5.41 Å². The Hall–Kier alpha value is -1.57. The molecule has 1 aliphatic carbocycles. The lowest BCUT2D eigenvalue weighted by atomic mass is 9.69. The molecule has 88 valence electrons. The van der Waals surface area contributed by atoms with E-state index in [1.54, 1.807) is 7.05 Å². The standard InChI is InChI=1S/C11H17N3O2/c1-3-14(2)9(15)7-13-10(16)11(8-12)5-4-6-11/h3-7H2,1-2H3,(H,13,16). The van der Waals surface area contributed by atoms with E-state index in [4.69, 9.17) is 5.26 Å². The third-order valence-corrected chi connectivity index (χ3v) is 3.16. The summed E-state index contributed by atoms with van der Waals surface area (Å²) in [5.74, 6) is -0.442. The Balaban J connectivity index is 2.42. The first-order chi connectivity index (χ1) is 7.55. The van der Waals surface area contributed by atoms with Crippen molar-refractivity contribution in [3.63, 3.8) is 0 Å². The molecule has 0 spiro atoms. The minimum Gasteiger partial charge on any atom is -0.346 e. The Morgan fingerprint density at radius 1 is 1.50 bits per heavy atom. The summed E-state index contributed by atoms with van der Waals surface area (Å²) in [6, 6.07) is 2.04. The Kier molecular flexibility index (Phi) is 3.88. The van der Waals surface area contributed by atoms with Crippen LogP contribution in [0.5, 0.6) is 0 Å². The fraction of sp³-hybridized carbons (Fsp3) is 0.727. The summed E-state index contributed by atoms with van der Waals surface area (Å²) in [5, 5.41) is 11.5. The van der Waals surface area contributed by atoms with Gasteiger partial charge in [-0.3, -0.25) is 9.59 Å². The van der Waals surface area contributed by atoms with E-state index in [0.29, 0.717) is 19.4 Å². The summed E-state index contributed by atoms with van der Waals surface area (Å²) in [4.78, 5) is 24.6. The lowest BCUT2D eigenvalue weighted by Crippen LogP contribution is -2.47. The Bertz CT molecular complexity index is 329. The van der Waals surface area contributed by atoms with E-state index in [2.05, 4.69) is 5.32 Å². The van der Waals surface area contributed by atoms with Crippen LogP contribution in [0.1, 0.15) is 26.2 Å². The maximum atomic E-state index is 11.7. The zero-order chi connectivity index (χ0) is 12.2. The average molecular weight is 223 g/mol. The number of amides is 2. The van der Waals surface area contributed by atoms with Gasteiger partial charge in [-0.25, -0.2) is 0 Å². The molecule has 1 aliphatic rings. The van der Waals surface area contributed by atoms with Crippen LogP contribution in [-0.2, 0) is 9.59 Å². The molecule has 0 radical (unpaired) electrons. The molecule has 0 aliphatic heterocycles. The van der Waals surface area contributed by atoms with Crippen LogP contribution in [0.4, 0.5) is 0 Å². The first-order valence-electron chi connectivity index (χ1n) is 5.49. The molecule has 0 saturated heterocycles. The SMILES string of the molecule is CCN(C)C(=O)CNC(=O)C1(C#N)CCC1. The molecule has 0 unspecified atom stereocenters. The number of nitriles is 1. The summed E-state index contributed by atoms with van der Waals surface area (Å²) in [5.41, 5.74) is -0.870. The van der Waals surface area contributed by atoms with Crippen molar-refractivity contribution in [3.8, 4) is 6.07 Å². The van der Waals surface area contributed by atoms with Crippen molar-refractivity contribution in [2.75, 3.05) is 20.1 Å². The molecule has 0 heterocycles. The van der Waals surface area contributed by atoms with Gasteiger partial charge < -0.3 is 10.2 Å². The zero-order valence-electron chi connectivity index (χ0n) is 9.75. The minimum absolute atomic E-state index is 0.0212. The summed E-state index contributed by atoms with van der Waals surface area (Å²) >= 11 is 0. The molecule has 1 N–H and O–H groups in total. The topological polar surface area (TPSA) is 73.2 Å². The van der Waals surface area contributed by atoms with Gasteiger partial charge in [-0.15, -0.1) is 0 Å². The molecule has 1 saturated carbocycles. The molecular weight excluding hydrogens is 206 g/mol. The van der Waals surface area contributed by atoms with E-state index in [-0.39, 0.29) is 18.4 Å². The molecule has 5 heteroatoms. The summed E-state index contributed by atoms with van der Waals surface area (Å²) in [7, 11) is 1.68. The van der Waals surface area contributed by atoms with Crippen molar-refractivity contribution in [1.29, 1.82) is 5.26 Å². The number of hydrogen-bond acceptors (Lipinski definition) is 3. The number of nitrogens with one attached hydrogen (secondary N) is 1. The van der Waals surface area contributed by atoms with Crippen LogP contribution in [0, 0.1) is 16.7 Å². The van der Waals surface area contributed by atoms with Crippen LogP contribution >= 0.6 is 0 Å². The lowest BCUT2D eigenvalue weighted by Gasteiger charge is -2.33. The van der Waals surface area contributed by atoms with Gasteiger partial charge in [0.25, 0.3) is 0 Å².